The van der Waals surface area contributed by atoms with Crippen molar-refractivity contribution in [3.05, 3.63) is 23.9 Å². The van der Waals surface area contributed by atoms with Gasteiger partial charge in [-0.15, -0.1) is 0 Å². The number of carboxylic acids is 1. The first-order chi connectivity index (χ1) is 10.4. The fourth-order valence-electron chi connectivity index (χ4n) is 2.30. The van der Waals surface area contributed by atoms with E-state index in [1.165, 1.54) is 6.92 Å². The topological polar surface area (TPSA) is 89.8 Å². The minimum Gasteiger partial charge on any atom is -0.496 e. The lowest BCUT2D eigenvalue weighted by Gasteiger charge is -2.11. The van der Waals surface area contributed by atoms with Crippen LogP contribution in [-0.4, -0.2) is 41.8 Å². The summed E-state index contributed by atoms with van der Waals surface area (Å²) in [5.74, 6) is -0.361. The molecule has 2 aromatic rings. The Labute approximate surface area is 127 Å². The van der Waals surface area contributed by atoms with Crippen LogP contribution in [0.1, 0.15) is 17.4 Å². The van der Waals surface area contributed by atoms with E-state index in [1.807, 2.05) is 0 Å². The van der Waals surface area contributed by atoms with Gasteiger partial charge in [0.05, 0.1) is 19.7 Å². The highest BCUT2D eigenvalue weighted by Crippen LogP contribution is 2.35. The van der Waals surface area contributed by atoms with E-state index in [1.54, 1.807) is 44.0 Å². The normalized spacial score (nSPS) is 12.0. The Bertz CT molecular complexity index is 735. The molecule has 0 spiro atoms. The predicted molar refractivity (Wildman–Crippen MR) is 80.6 cm³/mol. The van der Waals surface area contributed by atoms with Crippen LogP contribution in [0.25, 0.3) is 10.9 Å². The van der Waals surface area contributed by atoms with Gasteiger partial charge in [0.2, 0.25) is 0 Å². The second-order valence-electron chi connectivity index (χ2n) is 4.85. The zero-order valence-electron chi connectivity index (χ0n) is 12.8. The second-order valence-corrected chi connectivity index (χ2v) is 4.85. The Kier molecular flexibility index (Phi) is 4.25. The van der Waals surface area contributed by atoms with Crippen molar-refractivity contribution in [1.82, 2.24) is 9.88 Å². The van der Waals surface area contributed by atoms with Crippen LogP contribution in [0.5, 0.6) is 11.5 Å². The van der Waals surface area contributed by atoms with E-state index < -0.39 is 17.9 Å². The molecule has 0 aliphatic rings. The van der Waals surface area contributed by atoms with E-state index in [9.17, 15) is 9.59 Å². The van der Waals surface area contributed by atoms with E-state index in [0.29, 0.717) is 22.7 Å². The fraction of sp³-hybridized carbons (Fsp3) is 0.333. The number of amides is 1. The lowest BCUT2D eigenvalue weighted by molar-refractivity contribution is -0.138. The molecular formula is C15H18N2O5. The van der Waals surface area contributed by atoms with Crippen LogP contribution < -0.4 is 14.8 Å². The van der Waals surface area contributed by atoms with Crippen molar-refractivity contribution in [2.24, 2.45) is 7.05 Å². The largest absolute Gasteiger partial charge is 0.496 e. The number of carboxylic acid groups (broad SMARTS) is 1. The van der Waals surface area contributed by atoms with E-state index in [0.717, 1.165) is 5.39 Å². The number of aryl methyl sites for hydroxylation is 1. The number of carbonyl (C=O) groups is 2. The highest BCUT2D eigenvalue weighted by atomic mass is 16.5. The van der Waals surface area contributed by atoms with Gasteiger partial charge in [-0.2, -0.15) is 0 Å². The molecule has 1 heterocycles. The summed E-state index contributed by atoms with van der Waals surface area (Å²) in [4.78, 5) is 23.1. The Balaban J connectivity index is 2.54. The number of benzene rings is 1. The molecule has 0 unspecified atom stereocenters. The van der Waals surface area contributed by atoms with Gasteiger partial charge < -0.3 is 24.5 Å². The number of hydrogen-bond acceptors (Lipinski definition) is 4. The molecule has 2 N–H and O–H groups in total. The molecule has 1 aromatic carbocycles. The van der Waals surface area contributed by atoms with Crippen LogP contribution in [0.4, 0.5) is 0 Å². The van der Waals surface area contributed by atoms with E-state index in [-0.39, 0.29) is 0 Å². The SMILES string of the molecule is COc1ccc(OC)c2c1cc(C(=O)N[C@@H](C)C(=O)O)n2C. The Hall–Kier alpha value is -2.70. The van der Waals surface area contributed by atoms with Crippen LogP contribution in [-0.2, 0) is 11.8 Å². The summed E-state index contributed by atoms with van der Waals surface area (Å²) in [6.07, 6.45) is 0. The molecule has 1 aromatic heterocycles. The summed E-state index contributed by atoms with van der Waals surface area (Å²) < 4.78 is 12.3. The van der Waals surface area contributed by atoms with Gasteiger partial charge in [-0.05, 0) is 25.1 Å². The number of ether oxygens (including phenoxy) is 2. The first-order valence-corrected chi connectivity index (χ1v) is 6.64. The molecule has 0 saturated heterocycles. The summed E-state index contributed by atoms with van der Waals surface area (Å²) in [5, 5.41) is 12.0. The third kappa shape index (κ3) is 2.57. The number of fused-ring (bicyclic) bond motifs is 1. The number of nitrogens with zero attached hydrogens (tertiary/aromatic N) is 1. The number of aliphatic carboxylic acids is 1. The van der Waals surface area contributed by atoms with Gasteiger partial charge in [0.1, 0.15) is 23.2 Å². The first kappa shape index (κ1) is 15.7. The minimum atomic E-state index is -1.10. The molecule has 7 heteroatoms. The molecular weight excluding hydrogens is 288 g/mol. The number of carbonyl (C=O) groups excluding carboxylic acids is 1. The standard InChI is InChI=1S/C15H18N2O5/c1-8(15(19)20)16-14(18)10-7-9-11(21-3)5-6-12(22-4)13(9)17(10)2/h5-8H,1-4H3,(H,16,18)(H,19,20)/t8-/m0/s1. The van der Waals surface area contributed by atoms with Crippen molar-refractivity contribution in [3.8, 4) is 11.5 Å². The maximum absolute atomic E-state index is 12.3. The summed E-state index contributed by atoms with van der Waals surface area (Å²) in [6, 6.07) is 4.18. The van der Waals surface area contributed by atoms with Crippen molar-refractivity contribution in [2.75, 3.05) is 14.2 Å². The summed E-state index contributed by atoms with van der Waals surface area (Å²) in [5.41, 5.74) is 1.03. The van der Waals surface area contributed by atoms with Gasteiger partial charge in [-0.1, -0.05) is 0 Å². The first-order valence-electron chi connectivity index (χ1n) is 6.64. The monoisotopic (exact) mass is 306 g/mol. The highest BCUT2D eigenvalue weighted by molar-refractivity contribution is 6.03. The number of methoxy groups -OCH3 is 2. The fourth-order valence-corrected chi connectivity index (χ4v) is 2.30. The lowest BCUT2D eigenvalue weighted by atomic mass is 10.2. The Morgan fingerprint density at radius 3 is 2.36 bits per heavy atom. The van der Waals surface area contributed by atoms with E-state index >= 15 is 0 Å². The van der Waals surface area contributed by atoms with Crippen LogP contribution in [0, 0.1) is 0 Å². The van der Waals surface area contributed by atoms with Gasteiger partial charge >= 0.3 is 5.97 Å². The van der Waals surface area contributed by atoms with Crippen LogP contribution in [0.15, 0.2) is 18.2 Å². The molecule has 7 nitrogen and oxygen atoms in total. The van der Waals surface area contributed by atoms with Gasteiger partial charge in [-0.25, -0.2) is 0 Å². The minimum absolute atomic E-state index is 0.325. The zero-order valence-corrected chi connectivity index (χ0v) is 12.8. The third-order valence-electron chi connectivity index (χ3n) is 3.51. The second kappa shape index (κ2) is 5.97. The molecule has 0 bridgehead atoms. The van der Waals surface area contributed by atoms with Gasteiger partial charge in [0.15, 0.2) is 0 Å². The Morgan fingerprint density at radius 1 is 1.23 bits per heavy atom. The molecule has 1 atom stereocenters. The maximum atomic E-state index is 12.3. The average molecular weight is 306 g/mol. The number of aromatic nitrogens is 1. The number of nitrogens with one attached hydrogen (secondary N) is 1. The average Bonchev–Trinajstić information content (AvgIpc) is 2.84. The molecule has 0 fully saturated rings. The third-order valence-corrected chi connectivity index (χ3v) is 3.51. The molecule has 118 valence electrons. The predicted octanol–water partition coefficient (Wildman–Crippen LogP) is 1.40. The number of rotatable bonds is 5. The number of hydrogen-bond donors (Lipinski definition) is 2. The molecule has 0 aliphatic carbocycles. The van der Waals surface area contributed by atoms with Gasteiger partial charge in [0, 0.05) is 12.4 Å². The summed E-state index contributed by atoms with van der Waals surface area (Å²) in [6.45, 7) is 1.41. The van der Waals surface area contributed by atoms with Gasteiger partial charge in [-0.3, -0.25) is 9.59 Å². The van der Waals surface area contributed by atoms with Crippen LogP contribution >= 0.6 is 0 Å². The molecule has 0 saturated carbocycles. The molecule has 2 rings (SSSR count). The van der Waals surface area contributed by atoms with Gasteiger partial charge in [0.25, 0.3) is 5.91 Å². The van der Waals surface area contributed by atoms with Crippen LogP contribution in [0.2, 0.25) is 0 Å². The lowest BCUT2D eigenvalue weighted by Crippen LogP contribution is -2.39. The Morgan fingerprint density at radius 2 is 1.82 bits per heavy atom. The summed E-state index contributed by atoms with van der Waals surface area (Å²) in [7, 11) is 4.80. The highest BCUT2D eigenvalue weighted by Gasteiger charge is 2.21. The van der Waals surface area contributed by atoms with Crippen LogP contribution in [0.3, 0.4) is 0 Å². The smallest absolute Gasteiger partial charge is 0.325 e. The molecule has 0 aliphatic heterocycles. The molecule has 22 heavy (non-hydrogen) atoms. The van der Waals surface area contributed by atoms with E-state index in [4.69, 9.17) is 14.6 Å². The summed E-state index contributed by atoms with van der Waals surface area (Å²) >= 11 is 0. The van der Waals surface area contributed by atoms with Crippen molar-refractivity contribution in [2.45, 2.75) is 13.0 Å². The van der Waals surface area contributed by atoms with Crippen molar-refractivity contribution < 1.29 is 24.2 Å². The zero-order chi connectivity index (χ0) is 16.4. The van der Waals surface area contributed by atoms with Crippen molar-refractivity contribution in [1.29, 1.82) is 0 Å². The quantitative estimate of drug-likeness (QED) is 0.871. The molecule has 1 amide bonds. The van der Waals surface area contributed by atoms with Crippen molar-refractivity contribution >= 4 is 22.8 Å². The molecule has 0 radical (unpaired) electrons. The maximum Gasteiger partial charge on any atom is 0.325 e. The van der Waals surface area contributed by atoms with Crippen molar-refractivity contribution in [3.63, 3.8) is 0 Å². The van der Waals surface area contributed by atoms with E-state index in [2.05, 4.69) is 5.32 Å².